The zero-order chi connectivity index (χ0) is 13.3. The second-order valence-corrected chi connectivity index (χ2v) is 5.24. The van der Waals surface area contributed by atoms with E-state index in [4.69, 9.17) is 0 Å². The average molecular weight is 245 g/mol. The number of amides is 1. The van der Waals surface area contributed by atoms with E-state index < -0.39 is 5.54 Å². The van der Waals surface area contributed by atoms with Crippen molar-refractivity contribution in [2.24, 2.45) is 0 Å². The highest BCUT2D eigenvalue weighted by Gasteiger charge is 2.42. The van der Waals surface area contributed by atoms with Gasteiger partial charge in [-0.3, -0.25) is 9.59 Å². The van der Waals surface area contributed by atoms with Crippen molar-refractivity contribution >= 4 is 11.7 Å². The second kappa shape index (κ2) is 4.56. The van der Waals surface area contributed by atoms with Crippen molar-refractivity contribution in [2.45, 2.75) is 39.2 Å². The predicted molar refractivity (Wildman–Crippen MR) is 70.6 cm³/mol. The third kappa shape index (κ3) is 2.05. The van der Waals surface area contributed by atoms with Gasteiger partial charge in [-0.2, -0.15) is 0 Å². The lowest BCUT2D eigenvalue weighted by atomic mass is 9.99. The first-order valence-electron chi connectivity index (χ1n) is 6.41. The molecule has 0 unspecified atom stereocenters. The van der Waals surface area contributed by atoms with Gasteiger partial charge in [0.2, 0.25) is 0 Å². The van der Waals surface area contributed by atoms with Crippen LogP contribution in [0.25, 0.3) is 0 Å². The van der Waals surface area contributed by atoms with E-state index in [1.54, 1.807) is 4.90 Å². The van der Waals surface area contributed by atoms with E-state index >= 15 is 0 Å². The summed E-state index contributed by atoms with van der Waals surface area (Å²) < 4.78 is 0. The van der Waals surface area contributed by atoms with Gasteiger partial charge in [-0.05, 0) is 38.0 Å². The van der Waals surface area contributed by atoms with Crippen molar-refractivity contribution < 1.29 is 9.59 Å². The molecule has 1 aliphatic heterocycles. The molecule has 18 heavy (non-hydrogen) atoms. The molecule has 0 N–H and O–H groups in total. The van der Waals surface area contributed by atoms with Gasteiger partial charge in [0.05, 0.1) is 5.54 Å². The van der Waals surface area contributed by atoms with E-state index in [0.717, 1.165) is 6.42 Å². The SMILES string of the molecule is CCc1ccc(C(=O)N2CCC(=O)C2(C)C)cc1. The minimum absolute atomic E-state index is 0.0477. The molecule has 96 valence electrons. The standard InChI is InChI=1S/C15H19NO2/c1-4-11-5-7-12(8-6-11)14(18)16-10-9-13(17)15(16,2)3/h5-8H,4,9-10H2,1-3H3. The van der Waals surface area contributed by atoms with E-state index in [1.807, 2.05) is 38.1 Å². The number of hydrogen-bond donors (Lipinski definition) is 0. The first-order valence-corrected chi connectivity index (χ1v) is 6.41. The van der Waals surface area contributed by atoms with Gasteiger partial charge in [-0.25, -0.2) is 0 Å². The van der Waals surface area contributed by atoms with Crippen molar-refractivity contribution in [1.82, 2.24) is 4.90 Å². The van der Waals surface area contributed by atoms with Crippen LogP contribution in [0.15, 0.2) is 24.3 Å². The molecule has 1 amide bonds. The Morgan fingerprint density at radius 2 is 1.89 bits per heavy atom. The maximum atomic E-state index is 12.4. The summed E-state index contributed by atoms with van der Waals surface area (Å²) in [6, 6.07) is 7.64. The van der Waals surface area contributed by atoms with Gasteiger partial charge < -0.3 is 4.90 Å². The van der Waals surface area contributed by atoms with E-state index in [0.29, 0.717) is 18.5 Å². The predicted octanol–water partition coefficient (Wildman–Crippen LogP) is 2.44. The Balaban J connectivity index is 2.23. The molecule has 0 radical (unpaired) electrons. The van der Waals surface area contributed by atoms with Gasteiger partial charge in [0.15, 0.2) is 5.78 Å². The maximum absolute atomic E-state index is 12.4. The molecule has 0 aromatic heterocycles. The summed E-state index contributed by atoms with van der Waals surface area (Å²) >= 11 is 0. The molecule has 0 spiro atoms. The first kappa shape index (κ1) is 12.8. The monoisotopic (exact) mass is 245 g/mol. The maximum Gasteiger partial charge on any atom is 0.254 e. The third-order valence-electron chi connectivity index (χ3n) is 3.77. The van der Waals surface area contributed by atoms with Gasteiger partial charge in [0.1, 0.15) is 0 Å². The van der Waals surface area contributed by atoms with Crippen molar-refractivity contribution in [3.05, 3.63) is 35.4 Å². The molecule has 1 aliphatic rings. The van der Waals surface area contributed by atoms with Crippen molar-refractivity contribution in [3.63, 3.8) is 0 Å². The molecule has 1 aromatic rings. The number of rotatable bonds is 2. The highest BCUT2D eigenvalue weighted by atomic mass is 16.2. The quantitative estimate of drug-likeness (QED) is 0.802. The van der Waals surface area contributed by atoms with Crippen LogP contribution in [0.2, 0.25) is 0 Å². The summed E-state index contributed by atoms with van der Waals surface area (Å²) in [6.07, 6.45) is 1.42. The zero-order valence-corrected chi connectivity index (χ0v) is 11.2. The molecule has 1 heterocycles. The number of carbonyl (C=O) groups is 2. The zero-order valence-electron chi connectivity index (χ0n) is 11.2. The van der Waals surface area contributed by atoms with Crippen molar-refractivity contribution in [1.29, 1.82) is 0 Å². The largest absolute Gasteiger partial charge is 0.326 e. The summed E-state index contributed by atoms with van der Waals surface area (Å²) in [5, 5.41) is 0. The molecule has 0 bridgehead atoms. The normalized spacial score (nSPS) is 18.2. The number of likely N-dealkylation sites (tertiary alicyclic amines) is 1. The van der Waals surface area contributed by atoms with Crippen LogP contribution in [0.3, 0.4) is 0 Å². The van der Waals surface area contributed by atoms with Crippen molar-refractivity contribution in [3.8, 4) is 0 Å². The summed E-state index contributed by atoms with van der Waals surface area (Å²) in [5.41, 5.74) is 1.21. The Morgan fingerprint density at radius 1 is 1.28 bits per heavy atom. The van der Waals surface area contributed by atoms with Crippen LogP contribution in [0, 0.1) is 0 Å². The molecule has 1 aromatic carbocycles. The number of benzene rings is 1. The van der Waals surface area contributed by atoms with Gasteiger partial charge in [0.25, 0.3) is 5.91 Å². The molecule has 1 fully saturated rings. The minimum Gasteiger partial charge on any atom is -0.326 e. The van der Waals surface area contributed by atoms with Crippen LogP contribution in [-0.2, 0) is 11.2 Å². The lowest BCUT2D eigenvalue weighted by Gasteiger charge is -2.30. The van der Waals surface area contributed by atoms with Crippen LogP contribution >= 0.6 is 0 Å². The van der Waals surface area contributed by atoms with Crippen LogP contribution in [-0.4, -0.2) is 28.7 Å². The Morgan fingerprint density at radius 3 is 2.33 bits per heavy atom. The molecular weight excluding hydrogens is 226 g/mol. The van der Waals surface area contributed by atoms with Gasteiger partial charge in [-0.15, -0.1) is 0 Å². The van der Waals surface area contributed by atoms with E-state index in [2.05, 4.69) is 6.92 Å². The van der Waals surface area contributed by atoms with Gasteiger partial charge >= 0.3 is 0 Å². The van der Waals surface area contributed by atoms with Gasteiger partial charge in [0, 0.05) is 18.5 Å². The smallest absolute Gasteiger partial charge is 0.254 e. The number of carbonyl (C=O) groups excluding carboxylic acids is 2. The molecule has 0 saturated carbocycles. The summed E-state index contributed by atoms with van der Waals surface area (Å²) in [4.78, 5) is 25.8. The van der Waals surface area contributed by atoms with E-state index in [-0.39, 0.29) is 11.7 Å². The Bertz CT molecular complexity index is 474. The highest BCUT2D eigenvalue weighted by molar-refractivity contribution is 6.01. The third-order valence-corrected chi connectivity index (χ3v) is 3.77. The summed E-state index contributed by atoms with van der Waals surface area (Å²) in [6.45, 7) is 6.25. The Kier molecular flexibility index (Phi) is 3.24. The fraction of sp³-hybridized carbons (Fsp3) is 0.467. The number of ketones is 1. The van der Waals surface area contributed by atoms with Crippen molar-refractivity contribution in [2.75, 3.05) is 6.54 Å². The molecular formula is C15H19NO2. The summed E-state index contributed by atoms with van der Waals surface area (Å²) in [5.74, 6) is 0.0922. The van der Waals surface area contributed by atoms with Gasteiger partial charge in [-0.1, -0.05) is 19.1 Å². The number of hydrogen-bond acceptors (Lipinski definition) is 2. The fourth-order valence-corrected chi connectivity index (χ4v) is 2.34. The lowest BCUT2D eigenvalue weighted by molar-refractivity contribution is -0.123. The highest BCUT2D eigenvalue weighted by Crippen LogP contribution is 2.26. The first-order chi connectivity index (χ1) is 8.46. The lowest BCUT2D eigenvalue weighted by Crippen LogP contribution is -2.46. The summed E-state index contributed by atoms with van der Waals surface area (Å²) in [7, 11) is 0. The number of Topliss-reactive ketones (excluding diaryl/α,β-unsaturated/α-hetero) is 1. The van der Waals surface area contributed by atoms with E-state index in [9.17, 15) is 9.59 Å². The fourth-order valence-electron chi connectivity index (χ4n) is 2.34. The van der Waals surface area contributed by atoms with Crippen LogP contribution < -0.4 is 0 Å². The Labute approximate surface area is 108 Å². The minimum atomic E-state index is -0.666. The van der Waals surface area contributed by atoms with Crippen LogP contribution in [0.5, 0.6) is 0 Å². The topological polar surface area (TPSA) is 37.4 Å². The number of aryl methyl sites for hydroxylation is 1. The molecule has 2 rings (SSSR count). The molecule has 3 heteroatoms. The molecule has 1 saturated heterocycles. The molecule has 0 atom stereocenters. The average Bonchev–Trinajstić information content (AvgIpc) is 2.63. The molecule has 0 aliphatic carbocycles. The van der Waals surface area contributed by atoms with Crippen LogP contribution in [0.4, 0.5) is 0 Å². The van der Waals surface area contributed by atoms with E-state index in [1.165, 1.54) is 5.56 Å². The van der Waals surface area contributed by atoms with Crippen LogP contribution in [0.1, 0.15) is 43.1 Å². The molecule has 3 nitrogen and oxygen atoms in total. The Hall–Kier alpha value is -1.64. The number of nitrogens with zero attached hydrogens (tertiary/aromatic N) is 1. The second-order valence-electron chi connectivity index (χ2n) is 5.24.